The van der Waals surface area contributed by atoms with Gasteiger partial charge in [0.05, 0.1) is 18.0 Å². The molecule has 3 heterocycles. The molecule has 1 aliphatic rings. The van der Waals surface area contributed by atoms with Gasteiger partial charge >= 0.3 is 0 Å². The number of carbonyl (C=O) groups is 1. The summed E-state index contributed by atoms with van der Waals surface area (Å²) >= 11 is 4.95. The molecule has 0 aliphatic carbocycles. The van der Waals surface area contributed by atoms with Crippen LogP contribution in [0.2, 0.25) is 0 Å². The highest BCUT2D eigenvalue weighted by atomic mass is 79.9. The Kier molecular flexibility index (Phi) is 3.63. The largest absolute Gasteiger partial charge is 0.354 e. The van der Waals surface area contributed by atoms with E-state index >= 15 is 0 Å². The molecule has 1 aliphatic heterocycles. The fourth-order valence-corrected chi connectivity index (χ4v) is 3.22. The molecule has 1 amide bonds. The highest BCUT2D eigenvalue weighted by molar-refractivity contribution is 9.10. The molecule has 0 spiro atoms. The molecule has 0 saturated carbocycles. The van der Waals surface area contributed by atoms with Crippen molar-refractivity contribution in [1.29, 1.82) is 0 Å². The van der Waals surface area contributed by atoms with E-state index in [1.165, 1.54) is 0 Å². The van der Waals surface area contributed by atoms with Crippen LogP contribution in [0.1, 0.15) is 5.89 Å². The van der Waals surface area contributed by atoms with Crippen LogP contribution in [0, 0.1) is 0 Å². The first-order chi connectivity index (χ1) is 9.20. The SMILES string of the molecule is O=C1CN(Cc2nc(-c3cc(Br)cs3)no2)CCN1. The van der Waals surface area contributed by atoms with Gasteiger partial charge in [0.15, 0.2) is 0 Å². The third-order valence-corrected chi connectivity index (χ3v) is 4.42. The molecule has 6 nitrogen and oxygen atoms in total. The minimum Gasteiger partial charge on any atom is -0.354 e. The number of rotatable bonds is 3. The Bertz CT molecular complexity index is 597. The number of nitrogens with zero attached hydrogens (tertiary/aromatic N) is 3. The molecule has 1 N–H and O–H groups in total. The monoisotopic (exact) mass is 342 g/mol. The number of piperazine rings is 1. The van der Waals surface area contributed by atoms with Crippen molar-refractivity contribution < 1.29 is 9.32 Å². The van der Waals surface area contributed by atoms with Gasteiger partial charge in [-0.05, 0) is 22.0 Å². The zero-order chi connectivity index (χ0) is 13.2. The number of amides is 1. The van der Waals surface area contributed by atoms with Gasteiger partial charge in [0.1, 0.15) is 0 Å². The summed E-state index contributed by atoms with van der Waals surface area (Å²) in [6.45, 7) is 2.35. The average molecular weight is 343 g/mol. The summed E-state index contributed by atoms with van der Waals surface area (Å²) in [5, 5.41) is 8.71. The van der Waals surface area contributed by atoms with Gasteiger partial charge in [-0.25, -0.2) is 0 Å². The van der Waals surface area contributed by atoms with E-state index in [0.717, 1.165) is 15.9 Å². The second kappa shape index (κ2) is 5.40. The Morgan fingerprint density at radius 1 is 1.58 bits per heavy atom. The lowest BCUT2D eigenvalue weighted by atomic mass is 10.3. The molecule has 2 aromatic rings. The van der Waals surface area contributed by atoms with Crippen molar-refractivity contribution in [1.82, 2.24) is 20.4 Å². The van der Waals surface area contributed by atoms with Crippen LogP contribution in [0.5, 0.6) is 0 Å². The molecule has 0 radical (unpaired) electrons. The third-order valence-electron chi connectivity index (χ3n) is 2.73. The minimum absolute atomic E-state index is 0.0353. The molecule has 3 rings (SSSR count). The van der Waals surface area contributed by atoms with E-state index in [1.54, 1.807) is 11.3 Å². The topological polar surface area (TPSA) is 71.3 Å². The second-order valence-electron chi connectivity index (χ2n) is 4.20. The zero-order valence-corrected chi connectivity index (χ0v) is 12.3. The van der Waals surface area contributed by atoms with Crippen molar-refractivity contribution in [3.8, 4) is 10.7 Å². The smallest absolute Gasteiger partial charge is 0.241 e. The maximum Gasteiger partial charge on any atom is 0.241 e. The normalized spacial score (nSPS) is 16.6. The highest BCUT2D eigenvalue weighted by Gasteiger charge is 2.19. The summed E-state index contributed by atoms with van der Waals surface area (Å²) < 4.78 is 6.23. The van der Waals surface area contributed by atoms with Crippen LogP contribution in [0.3, 0.4) is 0 Å². The fourth-order valence-electron chi connectivity index (χ4n) is 1.87. The second-order valence-corrected chi connectivity index (χ2v) is 6.03. The van der Waals surface area contributed by atoms with Crippen LogP contribution < -0.4 is 5.32 Å². The van der Waals surface area contributed by atoms with E-state index in [9.17, 15) is 4.79 Å². The van der Waals surface area contributed by atoms with Crippen molar-refractivity contribution in [2.24, 2.45) is 0 Å². The van der Waals surface area contributed by atoms with E-state index in [-0.39, 0.29) is 5.91 Å². The van der Waals surface area contributed by atoms with Gasteiger partial charge in [0, 0.05) is 22.9 Å². The first-order valence-corrected chi connectivity index (χ1v) is 7.44. The molecule has 2 aromatic heterocycles. The molecule has 1 saturated heterocycles. The van der Waals surface area contributed by atoms with Crippen molar-refractivity contribution >= 4 is 33.2 Å². The molecule has 8 heteroatoms. The molecule has 19 heavy (non-hydrogen) atoms. The van der Waals surface area contributed by atoms with Crippen molar-refractivity contribution in [3.05, 3.63) is 21.8 Å². The van der Waals surface area contributed by atoms with Gasteiger partial charge in [-0.3, -0.25) is 9.69 Å². The average Bonchev–Trinajstić information content (AvgIpc) is 2.98. The highest BCUT2D eigenvalue weighted by Crippen LogP contribution is 2.27. The number of nitrogens with one attached hydrogen (secondary N) is 1. The number of halogens is 1. The molecule has 100 valence electrons. The van der Waals surface area contributed by atoms with Crippen LogP contribution in [-0.2, 0) is 11.3 Å². The molecule has 0 aromatic carbocycles. The standard InChI is InChI=1S/C11H11BrN4O2S/c12-7-3-8(19-6-7)11-14-10(18-15-11)5-16-2-1-13-9(17)4-16/h3,6H,1-2,4-5H2,(H,13,17). The summed E-state index contributed by atoms with van der Waals surface area (Å²) in [6.07, 6.45) is 0. The third kappa shape index (κ3) is 3.02. The number of hydrogen-bond donors (Lipinski definition) is 1. The van der Waals surface area contributed by atoms with Crippen LogP contribution in [-0.4, -0.2) is 40.6 Å². The van der Waals surface area contributed by atoms with E-state index in [2.05, 4.69) is 31.4 Å². The summed E-state index contributed by atoms with van der Waals surface area (Å²) in [5.41, 5.74) is 0. The fraction of sp³-hybridized carbons (Fsp3) is 0.364. The predicted molar refractivity (Wildman–Crippen MR) is 73.6 cm³/mol. The molecule has 0 unspecified atom stereocenters. The summed E-state index contributed by atoms with van der Waals surface area (Å²) in [4.78, 5) is 18.6. The van der Waals surface area contributed by atoms with Crippen molar-refractivity contribution in [2.75, 3.05) is 19.6 Å². The summed E-state index contributed by atoms with van der Waals surface area (Å²) in [7, 11) is 0. The van der Waals surface area contributed by atoms with Gasteiger partial charge in [-0.15, -0.1) is 11.3 Å². The molecule has 0 atom stereocenters. The van der Waals surface area contributed by atoms with Crippen molar-refractivity contribution in [2.45, 2.75) is 6.54 Å². The van der Waals surface area contributed by atoms with Crippen LogP contribution in [0.25, 0.3) is 10.7 Å². The zero-order valence-electron chi connectivity index (χ0n) is 9.93. The Labute approximate surface area is 121 Å². The maximum absolute atomic E-state index is 11.3. The summed E-state index contributed by atoms with van der Waals surface area (Å²) in [6, 6.07) is 1.95. The quantitative estimate of drug-likeness (QED) is 0.914. The number of hydrogen-bond acceptors (Lipinski definition) is 6. The van der Waals surface area contributed by atoms with Gasteiger partial charge in [-0.1, -0.05) is 5.16 Å². The number of aromatic nitrogens is 2. The lowest BCUT2D eigenvalue weighted by molar-refractivity contribution is -0.124. The summed E-state index contributed by atoms with van der Waals surface area (Å²) in [5.74, 6) is 1.16. The molecule has 1 fully saturated rings. The minimum atomic E-state index is 0.0353. The molecular formula is C11H11BrN4O2S. The van der Waals surface area contributed by atoms with E-state index < -0.39 is 0 Å². The van der Waals surface area contributed by atoms with Gasteiger partial charge in [-0.2, -0.15) is 4.98 Å². The Hall–Kier alpha value is -1.25. The maximum atomic E-state index is 11.3. The van der Waals surface area contributed by atoms with E-state index in [4.69, 9.17) is 4.52 Å². The molecular weight excluding hydrogens is 332 g/mol. The molecule has 0 bridgehead atoms. The van der Waals surface area contributed by atoms with Gasteiger partial charge < -0.3 is 9.84 Å². The lowest BCUT2D eigenvalue weighted by Gasteiger charge is -2.24. The van der Waals surface area contributed by atoms with Gasteiger partial charge in [0.2, 0.25) is 17.6 Å². The Morgan fingerprint density at radius 3 is 3.21 bits per heavy atom. The van der Waals surface area contributed by atoms with Crippen LogP contribution >= 0.6 is 27.3 Å². The first-order valence-electron chi connectivity index (χ1n) is 5.77. The van der Waals surface area contributed by atoms with E-state index in [1.807, 2.05) is 16.3 Å². The van der Waals surface area contributed by atoms with Crippen LogP contribution in [0.15, 0.2) is 20.4 Å². The van der Waals surface area contributed by atoms with Crippen molar-refractivity contribution in [3.63, 3.8) is 0 Å². The van der Waals surface area contributed by atoms with Crippen LogP contribution in [0.4, 0.5) is 0 Å². The Morgan fingerprint density at radius 2 is 2.47 bits per heavy atom. The number of carbonyl (C=O) groups excluding carboxylic acids is 1. The van der Waals surface area contributed by atoms with Gasteiger partial charge in [0.25, 0.3) is 0 Å². The Balaban J connectivity index is 1.69. The lowest BCUT2D eigenvalue weighted by Crippen LogP contribution is -2.47. The number of thiophene rings is 1. The first kappa shape index (κ1) is 12.8. The van der Waals surface area contributed by atoms with E-state index in [0.29, 0.717) is 31.3 Å². The predicted octanol–water partition coefficient (Wildman–Crippen LogP) is 1.49.